The maximum absolute atomic E-state index is 12.4. The Hall–Kier alpha value is -2.54. The van der Waals surface area contributed by atoms with Crippen molar-refractivity contribution in [1.29, 1.82) is 0 Å². The lowest BCUT2D eigenvalue weighted by Crippen LogP contribution is -2.23. The average Bonchev–Trinajstić information content (AvgIpc) is 3.24. The predicted octanol–water partition coefficient (Wildman–Crippen LogP) is 2.37. The highest BCUT2D eigenvalue weighted by Gasteiger charge is 2.18. The smallest absolute Gasteiger partial charge is 0.263 e. The van der Waals surface area contributed by atoms with Crippen LogP contribution < -0.4 is 15.2 Å². The van der Waals surface area contributed by atoms with Crippen molar-refractivity contribution in [3.8, 4) is 11.4 Å². The monoisotopic (exact) mass is 345 g/mol. The molecule has 0 spiro atoms. The third-order valence-corrected chi connectivity index (χ3v) is 4.41. The number of hydrogen-bond acceptors (Lipinski definition) is 5. The summed E-state index contributed by atoms with van der Waals surface area (Å²) >= 11 is 6.00. The van der Waals surface area contributed by atoms with Gasteiger partial charge in [0.05, 0.1) is 7.11 Å². The van der Waals surface area contributed by atoms with Crippen LogP contribution in [0.3, 0.4) is 0 Å². The summed E-state index contributed by atoms with van der Waals surface area (Å²) in [5, 5.41) is 5.46. The summed E-state index contributed by atoms with van der Waals surface area (Å²) in [5.41, 5.74) is 0.917. The summed E-state index contributed by atoms with van der Waals surface area (Å²) in [5.74, 6) is 1.16. The van der Waals surface area contributed by atoms with E-state index in [4.69, 9.17) is 16.3 Å². The molecule has 0 amide bonds. The van der Waals surface area contributed by atoms with Gasteiger partial charge in [-0.15, -0.1) is 5.10 Å². The van der Waals surface area contributed by atoms with Gasteiger partial charge in [-0.25, -0.2) is 4.68 Å². The fourth-order valence-corrected chi connectivity index (χ4v) is 3.11. The molecule has 1 fully saturated rings. The first-order valence-electron chi connectivity index (χ1n) is 7.74. The Kier molecular flexibility index (Phi) is 3.65. The minimum Gasteiger partial charge on any atom is -0.494 e. The van der Waals surface area contributed by atoms with E-state index in [2.05, 4.69) is 20.0 Å². The number of fused-ring (bicyclic) bond motifs is 1. The Morgan fingerprint density at radius 2 is 2.08 bits per heavy atom. The maximum Gasteiger partial charge on any atom is 0.263 e. The second kappa shape index (κ2) is 5.83. The molecular weight excluding hydrogens is 330 g/mol. The Morgan fingerprint density at radius 1 is 1.29 bits per heavy atom. The van der Waals surface area contributed by atoms with Crippen LogP contribution in [0, 0.1) is 0 Å². The van der Waals surface area contributed by atoms with Crippen LogP contribution in [0.5, 0.6) is 5.75 Å². The van der Waals surface area contributed by atoms with Crippen molar-refractivity contribution in [2.45, 2.75) is 12.8 Å². The second-order valence-corrected chi connectivity index (χ2v) is 6.15. The molecule has 124 valence electrons. The van der Waals surface area contributed by atoms with Crippen molar-refractivity contribution in [3.05, 3.63) is 39.8 Å². The molecule has 1 aliphatic rings. The molecule has 1 aliphatic heterocycles. The van der Waals surface area contributed by atoms with E-state index in [1.165, 1.54) is 0 Å². The lowest BCUT2D eigenvalue weighted by Gasteiger charge is -2.14. The number of rotatable bonds is 3. The van der Waals surface area contributed by atoms with Gasteiger partial charge in [0.2, 0.25) is 5.95 Å². The molecule has 8 heteroatoms. The van der Waals surface area contributed by atoms with Gasteiger partial charge in [-0.2, -0.15) is 4.98 Å². The quantitative estimate of drug-likeness (QED) is 0.788. The second-order valence-electron chi connectivity index (χ2n) is 5.71. The van der Waals surface area contributed by atoms with Crippen LogP contribution in [0.15, 0.2) is 29.2 Å². The molecule has 24 heavy (non-hydrogen) atoms. The molecule has 0 unspecified atom stereocenters. The Labute approximate surface area is 142 Å². The number of halogens is 1. The number of aromatic nitrogens is 4. The van der Waals surface area contributed by atoms with Gasteiger partial charge in [0, 0.05) is 30.4 Å². The molecule has 2 aromatic heterocycles. The Bertz CT molecular complexity index is 959. The third kappa shape index (κ3) is 2.50. The number of hydrogen-bond donors (Lipinski definition) is 1. The topological polar surface area (TPSA) is 76.0 Å². The zero-order chi connectivity index (χ0) is 16.7. The van der Waals surface area contributed by atoms with E-state index in [-0.39, 0.29) is 5.56 Å². The lowest BCUT2D eigenvalue weighted by molar-refractivity contribution is 0.412. The Balaban J connectivity index is 1.84. The summed E-state index contributed by atoms with van der Waals surface area (Å²) in [6, 6.07) is 5.25. The number of H-pyrrole nitrogens is 1. The van der Waals surface area contributed by atoms with Crippen LogP contribution in [-0.4, -0.2) is 39.9 Å². The van der Waals surface area contributed by atoms with Crippen LogP contribution in [0.2, 0.25) is 5.02 Å². The highest BCUT2D eigenvalue weighted by Crippen LogP contribution is 2.27. The zero-order valence-electron chi connectivity index (χ0n) is 13.1. The molecule has 3 heterocycles. The number of nitrogens with zero attached hydrogens (tertiary/aromatic N) is 4. The van der Waals surface area contributed by atoms with Gasteiger partial charge in [0.25, 0.3) is 5.56 Å². The van der Waals surface area contributed by atoms with E-state index in [0.717, 1.165) is 25.9 Å². The van der Waals surface area contributed by atoms with Crippen molar-refractivity contribution < 1.29 is 4.74 Å². The number of methoxy groups -OCH3 is 1. The first-order valence-corrected chi connectivity index (χ1v) is 8.12. The summed E-state index contributed by atoms with van der Waals surface area (Å²) < 4.78 is 6.95. The summed E-state index contributed by atoms with van der Waals surface area (Å²) in [6.07, 6.45) is 3.87. The van der Waals surface area contributed by atoms with Gasteiger partial charge < -0.3 is 9.64 Å². The van der Waals surface area contributed by atoms with E-state index in [1.54, 1.807) is 36.2 Å². The molecule has 4 rings (SSSR count). The molecule has 1 N–H and O–H groups in total. The van der Waals surface area contributed by atoms with E-state index in [0.29, 0.717) is 33.4 Å². The zero-order valence-corrected chi connectivity index (χ0v) is 13.9. The summed E-state index contributed by atoms with van der Waals surface area (Å²) in [4.78, 5) is 21.8. The SMILES string of the molecule is COc1cc(Cl)ccc1-n1cc2c(=O)[nH]c(N3CCCC3)nc2n1. The summed E-state index contributed by atoms with van der Waals surface area (Å²) in [7, 11) is 1.56. The molecule has 0 radical (unpaired) electrons. The normalized spacial score (nSPS) is 14.5. The minimum absolute atomic E-state index is 0.193. The van der Waals surface area contributed by atoms with E-state index < -0.39 is 0 Å². The van der Waals surface area contributed by atoms with Crippen LogP contribution in [0.4, 0.5) is 5.95 Å². The molecule has 0 saturated carbocycles. The highest BCUT2D eigenvalue weighted by molar-refractivity contribution is 6.30. The molecule has 7 nitrogen and oxygen atoms in total. The number of ether oxygens (including phenoxy) is 1. The van der Waals surface area contributed by atoms with Gasteiger partial charge in [0.15, 0.2) is 5.65 Å². The molecule has 0 atom stereocenters. The van der Waals surface area contributed by atoms with Crippen molar-refractivity contribution >= 4 is 28.6 Å². The average molecular weight is 346 g/mol. The summed E-state index contributed by atoms with van der Waals surface area (Å²) in [6.45, 7) is 1.81. The standard InChI is InChI=1S/C16H16ClN5O2/c1-24-13-8-10(17)4-5-12(13)22-9-11-14(20-22)18-16(19-15(11)23)21-6-2-3-7-21/h4-5,8-9H,2-3,6-7H2,1H3,(H,18,19,20,23). The number of benzene rings is 1. The number of nitrogens with one attached hydrogen (secondary N) is 1. The third-order valence-electron chi connectivity index (χ3n) is 4.17. The van der Waals surface area contributed by atoms with Crippen LogP contribution in [-0.2, 0) is 0 Å². The molecular formula is C16H16ClN5O2. The number of aromatic amines is 1. The van der Waals surface area contributed by atoms with Crippen LogP contribution in [0.1, 0.15) is 12.8 Å². The fraction of sp³-hybridized carbons (Fsp3) is 0.312. The highest BCUT2D eigenvalue weighted by atomic mass is 35.5. The predicted molar refractivity (Wildman–Crippen MR) is 92.5 cm³/mol. The molecule has 3 aromatic rings. The van der Waals surface area contributed by atoms with E-state index in [9.17, 15) is 4.79 Å². The number of anilines is 1. The van der Waals surface area contributed by atoms with Gasteiger partial charge in [-0.1, -0.05) is 11.6 Å². The van der Waals surface area contributed by atoms with Gasteiger partial charge >= 0.3 is 0 Å². The van der Waals surface area contributed by atoms with E-state index in [1.807, 2.05) is 0 Å². The largest absolute Gasteiger partial charge is 0.494 e. The molecule has 0 bridgehead atoms. The first-order chi connectivity index (χ1) is 11.7. The van der Waals surface area contributed by atoms with Crippen LogP contribution >= 0.6 is 11.6 Å². The fourth-order valence-electron chi connectivity index (χ4n) is 2.95. The minimum atomic E-state index is -0.193. The molecule has 1 aromatic carbocycles. The molecule has 1 saturated heterocycles. The van der Waals surface area contributed by atoms with Gasteiger partial charge in [0.1, 0.15) is 16.8 Å². The first kappa shape index (κ1) is 15.0. The van der Waals surface area contributed by atoms with Crippen LogP contribution in [0.25, 0.3) is 16.7 Å². The van der Waals surface area contributed by atoms with Crippen molar-refractivity contribution in [2.75, 3.05) is 25.1 Å². The van der Waals surface area contributed by atoms with Gasteiger partial charge in [-0.3, -0.25) is 9.78 Å². The van der Waals surface area contributed by atoms with Gasteiger partial charge in [-0.05, 0) is 25.0 Å². The van der Waals surface area contributed by atoms with Crippen molar-refractivity contribution in [2.24, 2.45) is 0 Å². The lowest BCUT2D eigenvalue weighted by atomic mass is 10.3. The van der Waals surface area contributed by atoms with Crippen molar-refractivity contribution in [3.63, 3.8) is 0 Å². The van der Waals surface area contributed by atoms with Crippen molar-refractivity contribution in [1.82, 2.24) is 19.7 Å². The molecule has 0 aliphatic carbocycles. The Morgan fingerprint density at radius 3 is 2.83 bits per heavy atom. The van der Waals surface area contributed by atoms with E-state index >= 15 is 0 Å². The maximum atomic E-state index is 12.4.